The minimum atomic E-state index is -0.269. The number of pyridine rings is 1. The Bertz CT molecular complexity index is 963. The zero-order valence-electron chi connectivity index (χ0n) is 16.4. The number of carbonyl (C=O) groups is 1. The van der Waals surface area contributed by atoms with Crippen molar-refractivity contribution in [2.75, 3.05) is 24.9 Å². The van der Waals surface area contributed by atoms with E-state index in [4.69, 9.17) is 9.47 Å². The Morgan fingerprint density at radius 2 is 1.68 bits per heavy atom. The quantitative estimate of drug-likeness (QED) is 0.651. The highest BCUT2D eigenvalue weighted by molar-refractivity contribution is 6.04. The summed E-state index contributed by atoms with van der Waals surface area (Å²) in [5, 5.41) is 6.13. The topological polar surface area (TPSA) is 72.5 Å². The molecular formula is C22H23N3O3. The molecule has 3 aromatic rings. The fourth-order valence-electron chi connectivity index (χ4n) is 2.71. The Kier molecular flexibility index (Phi) is 5.79. The van der Waals surface area contributed by atoms with Crippen LogP contribution in [0.4, 0.5) is 17.2 Å². The van der Waals surface area contributed by atoms with E-state index in [-0.39, 0.29) is 5.91 Å². The van der Waals surface area contributed by atoms with E-state index in [1.165, 1.54) is 11.1 Å². The molecule has 28 heavy (non-hydrogen) atoms. The molecule has 0 spiro atoms. The Labute approximate surface area is 164 Å². The van der Waals surface area contributed by atoms with E-state index < -0.39 is 0 Å². The molecule has 0 saturated heterocycles. The van der Waals surface area contributed by atoms with Crippen molar-refractivity contribution in [3.05, 3.63) is 71.4 Å². The van der Waals surface area contributed by atoms with Gasteiger partial charge in [0.15, 0.2) is 0 Å². The first kappa shape index (κ1) is 19.2. The highest BCUT2D eigenvalue weighted by Crippen LogP contribution is 2.24. The molecule has 2 N–H and O–H groups in total. The van der Waals surface area contributed by atoms with Crippen LogP contribution in [0.2, 0.25) is 0 Å². The molecule has 0 saturated carbocycles. The van der Waals surface area contributed by atoms with Gasteiger partial charge in [0.05, 0.1) is 26.1 Å². The summed E-state index contributed by atoms with van der Waals surface area (Å²) in [5.74, 6) is 1.54. The number of nitrogens with one attached hydrogen (secondary N) is 2. The van der Waals surface area contributed by atoms with Gasteiger partial charge in [-0.25, -0.2) is 4.98 Å². The van der Waals surface area contributed by atoms with Crippen LogP contribution >= 0.6 is 0 Å². The van der Waals surface area contributed by atoms with Crippen molar-refractivity contribution in [3.63, 3.8) is 0 Å². The maximum absolute atomic E-state index is 12.5. The van der Waals surface area contributed by atoms with Gasteiger partial charge in [0.1, 0.15) is 17.3 Å². The van der Waals surface area contributed by atoms with Gasteiger partial charge in [-0.1, -0.05) is 12.1 Å². The van der Waals surface area contributed by atoms with Crippen LogP contribution in [0, 0.1) is 13.8 Å². The lowest BCUT2D eigenvalue weighted by Crippen LogP contribution is -2.12. The van der Waals surface area contributed by atoms with Crippen molar-refractivity contribution in [2.24, 2.45) is 0 Å². The molecule has 0 aliphatic carbocycles. The monoisotopic (exact) mass is 377 g/mol. The molecule has 0 radical (unpaired) electrons. The second-order valence-electron chi connectivity index (χ2n) is 6.36. The highest BCUT2D eigenvalue weighted by Gasteiger charge is 2.11. The lowest BCUT2D eigenvalue weighted by molar-refractivity contribution is 0.102. The summed E-state index contributed by atoms with van der Waals surface area (Å²) in [4.78, 5) is 16.9. The van der Waals surface area contributed by atoms with E-state index >= 15 is 0 Å². The second kappa shape index (κ2) is 8.43. The predicted octanol–water partition coefficient (Wildman–Crippen LogP) is 4.71. The molecule has 0 bridgehead atoms. The number of hydrogen-bond acceptors (Lipinski definition) is 5. The minimum absolute atomic E-state index is 0.269. The molecule has 6 nitrogen and oxygen atoms in total. The van der Waals surface area contributed by atoms with Gasteiger partial charge in [0.25, 0.3) is 5.91 Å². The number of nitrogens with zero attached hydrogens (tertiary/aromatic N) is 1. The van der Waals surface area contributed by atoms with E-state index in [0.29, 0.717) is 28.6 Å². The van der Waals surface area contributed by atoms with Gasteiger partial charge in [-0.05, 0) is 55.3 Å². The number of benzene rings is 2. The van der Waals surface area contributed by atoms with Crippen LogP contribution in [0.25, 0.3) is 0 Å². The Balaban J connectivity index is 1.72. The van der Waals surface area contributed by atoms with E-state index in [2.05, 4.69) is 35.5 Å². The summed E-state index contributed by atoms with van der Waals surface area (Å²) in [6, 6.07) is 14.7. The largest absolute Gasteiger partial charge is 0.497 e. The number of aryl methyl sites for hydroxylation is 1. The number of ether oxygens (including phenoxy) is 2. The summed E-state index contributed by atoms with van der Waals surface area (Å²) < 4.78 is 10.4. The summed E-state index contributed by atoms with van der Waals surface area (Å²) in [5.41, 5.74) is 4.43. The van der Waals surface area contributed by atoms with Crippen molar-refractivity contribution < 1.29 is 14.3 Å². The number of hydrogen-bond donors (Lipinski definition) is 2. The second-order valence-corrected chi connectivity index (χ2v) is 6.36. The molecule has 0 fully saturated rings. The fraction of sp³-hybridized carbons (Fsp3) is 0.182. The Morgan fingerprint density at radius 3 is 2.29 bits per heavy atom. The number of rotatable bonds is 6. The van der Waals surface area contributed by atoms with Crippen molar-refractivity contribution in [2.45, 2.75) is 13.8 Å². The standard InChI is InChI=1S/C22H23N3O3/c1-14-6-5-7-20(15(14)2)25-21-9-8-17(13-23-21)24-22(26)16-10-18(27-3)12-19(11-16)28-4/h5-13H,1-4H3,(H,23,25)(H,24,26). The third kappa shape index (κ3) is 4.40. The first-order chi connectivity index (χ1) is 13.5. The molecule has 0 unspecified atom stereocenters. The van der Waals surface area contributed by atoms with Crippen LogP contribution in [0.5, 0.6) is 11.5 Å². The average molecular weight is 377 g/mol. The van der Waals surface area contributed by atoms with Crippen LogP contribution < -0.4 is 20.1 Å². The summed E-state index contributed by atoms with van der Waals surface area (Å²) in [6.45, 7) is 4.13. The summed E-state index contributed by atoms with van der Waals surface area (Å²) in [7, 11) is 3.09. The number of aromatic nitrogens is 1. The van der Waals surface area contributed by atoms with Crippen LogP contribution in [0.15, 0.2) is 54.7 Å². The fourth-order valence-corrected chi connectivity index (χ4v) is 2.71. The SMILES string of the molecule is COc1cc(OC)cc(C(=O)Nc2ccc(Nc3cccc(C)c3C)nc2)c1. The predicted molar refractivity (Wildman–Crippen MR) is 111 cm³/mol. The van der Waals surface area contributed by atoms with Gasteiger partial charge in [0, 0.05) is 17.3 Å². The normalized spacial score (nSPS) is 10.3. The Hall–Kier alpha value is -3.54. The lowest BCUT2D eigenvalue weighted by Gasteiger charge is -2.12. The smallest absolute Gasteiger partial charge is 0.255 e. The molecule has 1 amide bonds. The molecule has 3 rings (SSSR count). The minimum Gasteiger partial charge on any atom is -0.497 e. The zero-order chi connectivity index (χ0) is 20.1. The van der Waals surface area contributed by atoms with Gasteiger partial charge in [-0.15, -0.1) is 0 Å². The van der Waals surface area contributed by atoms with Crippen molar-refractivity contribution >= 4 is 23.1 Å². The molecule has 2 aromatic carbocycles. The molecule has 1 heterocycles. The average Bonchev–Trinajstić information content (AvgIpc) is 2.72. The van der Waals surface area contributed by atoms with Gasteiger partial charge in [-0.3, -0.25) is 4.79 Å². The lowest BCUT2D eigenvalue weighted by atomic mass is 10.1. The third-order valence-corrected chi connectivity index (χ3v) is 4.50. The van der Waals surface area contributed by atoms with Crippen LogP contribution in [0.3, 0.4) is 0 Å². The first-order valence-electron chi connectivity index (χ1n) is 8.84. The number of carbonyl (C=O) groups excluding carboxylic acids is 1. The number of amides is 1. The molecule has 0 atom stereocenters. The van der Waals surface area contributed by atoms with Crippen LogP contribution in [-0.2, 0) is 0 Å². The van der Waals surface area contributed by atoms with Crippen LogP contribution in [0.1, 0.15) is 21.5 Å². The number of methoxy groups -OCH3 is 2. The summed E-state index contributed by atoms with van der Waals surface area (Å²) in [6.07, 6.45) is 1.61. The highest BCUT2D eigenvalue weighted by atomic mass is 16.5. The molecule has 0 aliphatic rings. The maximum Gasteiger partial charge on any atom is 0.255 e. The molecule has 1 aromatic heterocycles. The van der Waals surface area contributed by atoms with Crippen molar-refractivity contribution in [1.82, 2.24) is 4.98 Å². The summed E-state index contributed by atoms with van der Waals surface area (Å²) >= 11 is 0. The third-order valence-electron chi connectivity index (χ3n) is 4.50. The van der Waals surface area contributed by atoms with Gasteiger partial charge >= 0.3 is 0 Å². The van der Waals surface area contributed by atoms with Gasteiger partial charge < -0.3 is 20.1 Å². The van der Waals surface area contributed by atoms with Crippen LogP contribution in [-0.4, -0.2) is 25.1 Å². The van der Waals surface area contributed by atoms with E-state index in [1.54, 1.807) is 44.7 Å². The first-order valence-corrected chi connectivity index (χ1v) is 8.84. The van der Waals surface area contributed by atoms with E-state index in [9.17, 15) is 4.79 Å². The maximum atomic E-state index is 12.5. The molecule has 6 heteroatoms. The van der Waals surface area contributed by atoms with Gasteiger partial charge in [-0.2, -0.15) is 0 Å². The molecule has 0 aliphatic heterocycles. The zero-order valence-corrected chi connectivity index (χ0v) is 16.4. The molecular weight excluding hydrogens is 354 g/mol. The number of anilines is 3. The van der Waals surface area contributed by atoms with E-state index in [0.717, 1.165) is 5.69 Å². The van der Waals surface area contributed by atoms with Crippen molar-refractivity contribution in [1.29, 1.82) is 0 Å². The van der Waals surface area contributed by atoms with Gasteiger partial charge in [0.2, 0.25) is 0 Å². The van der Waals surface area contributed by atoms with Crippen molar-refractivity contribution in [3.8, 4) is 11.5 Å². The van der Waals surface area contributed by atoms with E-state index in [1.807, 2.05) is 18.2 Å². The Morgan fingerprint density at radius 1 is 0.964 bits per heavy atom. The molecule has 144 valence electrons.